The molecule has 0 radical (unpaired) electrons. The Kier molecular flexibility index (Phi) is 6.34. The van der Waals surface area contributed by atoms with Crippen molar-refractivity contribution in [3.05, 3.63) is 35.4 Å². The van der Waals surface area contributed by atoms with Crippen molar-refractivity contribution >= 4 is 17.6 Å². The van der Waals surface area contributed by atoms with E-state index in [0.717, 1.165) is 5.56 Å². The summed E-state index contributed by atoms with van der Waals surface area (Å²) in [6, 6.07) is 6.79. The monoisotopic (exact) mass is 344 g/mol. The first-order valence-electron chi connectivity index (χ1n) is 8.97. The summed E-state index contributed by atoms with van der Waals surface area (Å²) in [6.07, 6.45) is 0.975. The van der Waals surface area contributed by atoms with Crippen molar-refractivity contribution in [1.82, 2.24) is 10.2 Å². The van der Waals surface area contributed by atoms with Crippen LogP contribution < -0.4 is 5.32 Å². The van der Waals surface area contributed by atoms with Gasteiger partial charge in [0.25, 0.3) is 5.91 Å². The molecule has 5 heteroatoms. The van der Waals surface area contributed by atoms with Crippen LogP contribution in [0.4, 0.5) is 0 Å². The zero-order valence-corrected chi connectivity index (χ0v) is 15.5. The van der Waals surface area contributed by atoms with E-state index in [9.17, 15) is 14.4 Å². The predicted molar refractivity (Wildman–Crippen MR) is 97.3 cm³/mol. The highest BCUT2D eigenvalue weighted by Crippen LogP contribution is 2.17. The minimum absolute atomic E-state index is 0.0880. The number of Topliss-reactive ketones (excluding diaryl/α,β-unsaturated/α-hetero) is 1. The van der Waals surface area contributed by atoms with Crippen LogP contribution in [0, 0.1) is 18.8 Å². The van der Waals surface area contributed by atoms with Crippen LogP contribution in [0.15, 0.2) is 24.3 Å². The first-order valence-corrected chi connectivity index (χ1v) is 8.97. The van der Waals surface area contributed by atoms with E-state index in [0.29, 0.717) is 31.5 Å². The lowest BCUT2D eigenvalue weighted by atomic mass is 9.96. The van der Waals surface area contributed by atoms with Gasteiger partial charge in [0.05, 0.1) is 0 Å². The van der Waals surface area contributed by atoms with Gasteiger partial charge < -0.3 is 10.2 Å². The lowest BCUT2D eigenvalue weighted by Crippen LogP contribution is -2.53. The molecule has 0 aliphatic carbocycles. The second-order valence-corrected chi connectivity index (χ2v) is 7.37. The summed E-state index contributed by atoms with van der Waals surface area (Å²) in [5, 5.41) is 2.91. The van der Waals surface area contributed by atoms with E-state index in [1.165, 1.54) is 0 Å². The third-order valence-electron chi connectivity index (χ3n) is 4.68. The first-order chi connectivity index (χ1) is 11.8. The molecule has 2 unspecified atom stereocenters. The van der Waals surface area contributed by atoms with Crippen molar-refractivity contribution in [2.75, 3.05) is 13.1 Å². The predicted octanol–water partition coefficient (Wildman–Crippen LogP) is 2.58. The lowest BCUT2D eigenvalue weighted by molar-refractivity contribution is -0.138. The highest BCUT2D eigenvalue weighted by molar-refractivity contribution is 5.98. The summed E-state index contributed by atoms with van der Waals surface area (Å²) in [4.78, 5) is 39.0. The van der Waals surface area contributed by atoms with Gasteiger partial charge in [0.2, 0.25) is 5.91 Å². The number of amides is 2. The maximum Gasteiger partial charge on any atom is 0.252 e. The summed E-state index contributed by atoms with van der Waals surface area (Å²) in [5.74, 6) is 0.0288. The number of aryl methyl sites for hydroxylation is 1. The van der Waals surface area contributed by atoms with Gasteiger partial charge in [-0.25, -0.2) is 0 Å². The van der Waals surface area contributed by atoms with Crippen molar-refractivity contribution in [2.45, 2.75) is 46.6 Å². The van der Waals surface area contributed by atoms with E-state index in [-0.39, 0.29) is 29.4 Å². The molecule has 2 amide bonds. The van der Waals surface area contributed by atoms with Crippen molar-refractivity contribution in [1.29, 1.82) is 0 Å². The molecule has 5 nitrogen and oxygen atoms in total. The normalized spacial score (nSPS) is 19.0. The topological polar surface area (TPSA) is 66.5 Å². The number of hydrogen-bond donors (Lipinski definition) is 1. The molecule has 1 fully saturated rings. The summed E-state index contributed by atoms with van der Waals surface area (Å²) in [6.45, 7) is 8.67. The van der Waals surface area contributed by atoms with Crippen molar-refractivity contribution in [3.63, 3.8) is 0 Å². The van der Waals surface area contributed by atoms with Gasteiger partial charge in [0, 0.05) is 31.0 Å². The number of carbonyl (C=O) groups is 3. The molecule has 1 aliphatic heterocycles. The molecule has 0 bridgehead atoms. The van der Waals surface area contributed by atoms with E-state index in [4.69, 9.17) is 0 Å². The molecule has 136 valence electrons. The summed E-state index contributed by atoms with van der Waals surface area (Å²) in [7, 11) is 0. The Morgan fingerprint density at radius 3 is 2.56 bits per heavy atom. The van der Waals surface area contributed by atoms with E-state index >= 15 is 0 Å². The first kappa shape index (κ1) is 19.2. The molecule has 0 aromatic heterocycles. The number of ketones is 1. The van der Waals surface area contributed by atoms with Crippen LogP contribution in [0.1, 0.15) is 49.5 Å². The Bertz CT molecular complexity index is 654. The largest absolute Gasteiger partial charge is 0.340 e. The van der Waals surface area contributed by atoms with Gasteiger partial charge in [0.15, 0.2) is 0 Å². The number of nitrogens with zero attached hydrogens (tertiary/aromatic N) is 1. The molecule has 1 aliphatic rings. The lowest BCUT2D eigenvalue weighted by Gasteiger charge is -2.33. The zero-order chi connectivity index (χ0) is 18.6. The fraction of sp³-hybridized carbons (Fsp3) is 0.550. The highest BCUT2D eigenvalue weighted by atomic mass is 16.2. The molecule has 25 heavy (non-hydrogen) atoms. The smallest absolute Gasteiger partial charge is 0.252 e. The van der Waals surface area contributed by atoms with E-state index in [1.807, 2.05) is 45.9 Å². The van der Waals surface area contributed by atoms with E-state index < -0.39 is 6.04 Å². The van der Waals surface area contributed by atoms with Gasteiger partial charge >= 0.3 is 0 Å². The number of likely N-dealkylation sites (tertiary alicyclic amines) is 1. The second kappa shape index (κ2) is 8.28. The van der Waals surface area contributed by atoms with Gasteiger partial charge in [-0.15, -0.1) is 0 Å². The molecule has 1 aromatic rings. The summed E-state index contributed by atoms with van der Waals surface area (Å²) >= 11 is 0. The molecule has 1 aromatic carbocycles. The Labute approximate surface area is 149 Å². The number of nitrogens with one attached hydrogen (secondary N) is 1. The number of carbonyl (C=O) groups excluding carboxylic acids is 3. The van der Waals surface area contributed by atoms with E-state index in [1.54, 1.807) is 11.0 Å². The fourth-order valence-corrected chi connectivity index (χ4v) is 3.19. The second-order valence-electron chi connectivity index (χ2n) is 7.37. The molecule has 1 N–H and O–H groups in total. The molecular formula is C20H28N2O3. The maximum atomic E-state index is 12.9. The number of rotatable bonds is 5. The van der Waals surface area contributed by atoms with Gasteiger partial charge in [-0.1, -0.05) is 39.0 Å². The minimum atomic E-state index is -0.562. The maximum absolute atomic E-state index is 12.9. The van der Waals surface area contributed by atoms with Gasteiger partial charge in [-0.3, -0.25) is 14.4 Å². The molecular weight excluding hydrogens is 316 g/mol. The van der Waals surface area contributed by atoms with Crippen LogP contribution in [-0.4, -0.2) is 41.6 Å². The molecule has 1 heterocycles. The standard InChI is InChI=1S/C20H28N2O3/c1-13(2)11-17(20(25)22-10-9-18(23)15(4)12-22)21-19(24)16-8-6-5-7-14(16)3/h5-8,13,15,17H,9-12H2,1-4H3,(H,21,24). The Balaban J connectivity index is 2.13. The minimum Gasteiger partial charge on any atom is -0.340 e. The Hall–Kier alpha value is -2.17. The van der Waals surface area contributed by atoms with Gasteiger partial charge in [-0.05, 0) is 30.9 Å². The Morgan fingerprint density at radius 1 is 1.28 bits per heavy atom. The van der Waals surface area contributed by atoms with Crippen LogP contribution in [0.3, 0.4) is 0 Å². The van der Waals surface area contributed by atoms with Gasteiger partial charge in [0.1, 0.15) is 11.8 Å². The van der Waals surface area contributed by atoms with Crippen molar-refractivity contribution in [2.24, 2.45) is 11.8 Å². The average molecular weight is 344 g/mol. The number of hydrogen-bond acceptors (Lipinski definition) is 3. The van der Waals surface area contributed by atoms with E-state index in [2.05, 4.69) is 5.32 Å². The fourth-order valence-electron chi connectivity index (χ4n) is 3.19. The number of benzene rings is 1. The Morgan fingerprint density at radius 2 is 1.96 bits per heavy atom. The van der Waals surface area contributed by atoms with Crippen molar-refractivity contribution < 1.29 is 14.4 Å². The van der Waals surface area contributed by atoms with Gasteiger partial charge in [-0.2, -0.15) is 0 Å². The molecule has 2 rings (SSSR count). The average Bonchev–Trinajstić information content (AvgIpc) is 2.56. The SMILES string of the molecule is Cc1ccccc1C(=O)NC(CC(C)C)C(=O)N1CCC(=O)C(C)C1. The van der Waals surface area contributed by atoms with Crippen molar-refractivity contribution in [3.8, 4) is 0 Å². The van der Waals surface area contributed by atoms with Crippen LogP contribution in [0.25, 0.3) is 0 Å². The summed E-state index contributed by atoms with van der Waals surface area (Å²) in [5.41, 5.74) is 1.47. The third-order valence-corrected chi connectivity index (χ3v) is 4.68. The van der Waals surface area contributed by atoms with Crippen LogP contribution in [-0.2, 0) is 9.59 Å². The van der Waals surface area contributed by atoms with Crippen LogP contribution >= 0.6 is 0 Å². The number of piperidine rings is 1. The third kappa shape index (κ3) is 4.91. The zero-order valence-electron chi connectivity index (χ0n) is 15.5. The molecule has 0 spiro atoms. The molecule has 1 saturated heterocycles. The van der Waals surface area contributed by atoms with Crippen LogP contribution in [0.2, 0.25) is 0 Å². The summed E-state index contributed by atoms with van der Waals surface area (Å²) < 4.78 is 0. The quantitative estimate of drug-likeness (QED) is 0.893. The molecule has 2 atom stereocenters. The molecule has 0 saturated carbocycles. The highest BCUT2D eigenvalue weighted by Gasteiger charge is 2.32. The van der Waals surface area contributed by atoms with Crippen LogP contribution in [0.5, 0.6) is 0 Å².